The maximum absolute atomic E-state index is 11.1. The minimum atomic E-state index is -1.27. The molecule has 0 aromatic carbocycles. The van der Waals surface area contributed by atoms with Gasteiger partial charge < -0.3 is 10.4 Å². The normalized spacial score (nSPS) is 29.6. The third-order valence-corrected chi connectivity index (χ3v) is 1.96. The van der Waals surface area contributed by atoms with Crippen molar-refractivity contribution in [2.75, 3.05) is 0 Å². The Kier molecular flexibility index (Phi) is 1.63. The number of hydrogen-bond acceptors (Lipinski definition) is 4. The number of carboxylic acid groups (broad SMARTS) is 1. The van der Waals surface area contributed by atoms with Crippen molar-refractivity contribution >= 4 is 24.4 Å². The molecule has 8 heteroatoms. The van der Waals surface area contributed by atoms with Gasteiger partial charge in [-0.2, -0.15) is 0 Å². The van der Waals surface area contributed by atoms with Crippen molar-refractivity contribution in [1.82, 2.24) is 15.5 Å². The van der Waals surface area contributed by atoms with E-state index in [0.717, 1.165) is 11.2 Å². The Morgan fingerprint density at radius 1 is 1.57 bits per heavy atom. The largest absolute Gasteiger partial charge is 0.465 e. The van der Waals surface area contributed by atoms with Gasteiger partial charge in [-0.25, -0.2) is 14.5 Å². The van der Waals surface area contributed by atoms with Gasteiger partial charge in [0, 0.05) is 0 Å². The molecule has 3 N–H and O–H groups in total. The third kappa shape index (κ3) is 1.08. The van der Waals surface area contributed by atoms with E-state index in [1.807, 2.05) is 5.32 Å². The first kappa shape index (κ1) is 8.48. The molecular formula is C6H6N4O4. The average molecular weight is 198 g/mol. The molecule has 0 radical (unpaired) electrons. The van der Waals surface area contributed by atoms with Crippen molar-refractivity contribution in [2.45, 2.75) is 12.2 Å². The smallest absolute Gasteiger partial charge is 0.414 e. The fourth-order valence-corrected chi connectivity index (χ4v) is 1.33. The van der Waals surface area contributed by atoms with E-state index in [2.05, 4.69) is 10.3 Å². The monoisotopic (exact) mass is 198 g/mol. The molecule has 4 amide bonds. The Labute approximate surface area is 77.6 Å². The highest BCUT2D eigenvalue weighted by atomic mass is 16.4. The van der Waals surface area contributed by atoms with E-state index >= 15 is 0 Å². The highest BCUT2D eigenvalue weighted by Gasteiger charge is 2.43. The Balaban J connectivity index is 2.25. The van der Waals surface area contributed by atoms with Crippen LogP contribution in [0.15, 0.2) is 4.99 Å². The summed E-state index contributed by atoms with van der Waals surface area (Å²) in [7, 11) is 0. The first-order valence-corrected chi connectivity index (χ1v) is 3.75. The predicted molar refractivity (Wildman–Crippen MR) is 42.6 cm³/mol. The van der Waals surface area contributed by atoms with Crippen molar-refractivity contribution in [3.8, 4) is 0 Å². The van der Waals surface area contributed by atoms with E-state index in [-0.39, 0.29) is 0 Å². The van der Waals surface area contributed by atoms with Crippen LogP contribution in [0.5, 0.6) is 0 Å². The summed E-state index contributed by atoms with van der Waals surface area (Å²) in [6.45, 7) is 0. The maximum Gasteiger partial charge on any atom is 0.414 e. The minimum Gasteiger partial charge on any atom is -0.465 e. The van der Waals surface area contributed by atoms with Gasteiger partial charge in [0.15, 0.2) is 6.04 Å². The number of aliphatic imine (C=N–C) groups is 1. The molecule has 0 aromatic heterocycles. The number of rotatable bonds is 0. The molecule has 14 heavy (non-hydrogen) atoms. The Morgan fingerprint density at radius 3 is 2.93 bits per heavy atom. The number of carbonyl (C=O) groups excluding carboxylic acids is 2. The lowest BCUT2D eigenvalue weighted by Crippen LogP contribution is -2.64. The van der Waals surface area contributed by atoms with Gasteiger partial charge in [-0.3, -0.25) is 15.1 Å². The van der Waals surface area contributed by atoms with Gasteiger partial charge in [-0.05, 0) is 0 Å². The summed E-state index contributed by atoms with van der Waals surface area (Å²) in [5, 5.41) is 13.0. The second-order valence-electron chi connectivity index (χ2n) is 2.81. The SMILES string of the molecule is O=C1NC(=O)C2N=CN(C(=O)O)C2N1. The average Bonchev–Trinajstić information content (AvgIpc) is 2.47. The highest BCUT2D eigenvalue weighted by molar-refractivity contribution is 6.03. The number of amides is 4. The van der Waals surface area contributed by atoms with Crippen molar-refractivity contribution in [2.24, 2.45) is 4.99 Å². The number of nitrogens with zero attached hydrogens (tertiary/aromatic N) is 2. The summed E-state index contributed by atoms with van der Waals surface area (Å²) in [5.74, 6) is -0.598. The molecule has 0 aliphatic carbocycles. The molecular weight excluding hydrogens is 192 g/mol. The van der Waals surface area contributed by atoms with Crippen molar-refractivity contribution < 1.29 is 19.5 Å². The summed E-state index contributed by atoms with van der Waals surface area (Å²) in [6, 6.07) is -1.60. The zero-order valence-electron chi connectivity index (χ0n) is 6.80. The Hall–Kier alpha value is -2.12. The summed E-state index contributed by atoms with van der Waals surface area (Å²) >= 11 is 0. The molecule has 2 rings (SSSR count). The summed E-state index contributed by atoms with van der Waals surface area (Å²) < 4.78 is 0. The van der Waals surface area contributed by atoms with Crippen LogP contribution in [0.1, 0.15) is 0 Å². The lowest BCUT2D eigenvalue weighted by Gasteiger charge is -2.28. The summed E-state index contributed by atoms with van der Waals surface area (Å²) in [5.41, 5.74) is 0. The maximum atomic E-state index is 11.1. The molecule has 0 bridgehead atoms. The minimum absolute atomic E-state index is 0.598. The second-order valence-corrected chi connectivity index (χ2v) is 2.81. The van der Waals surface area contributed by atoms with Crippen LogP contribution in [-0.2, 0) is 4.79 Å². The fraction of sp³-hybridized carbons (Fsp3) is 0.333. The number of nitrogens with one attached hydrogen (secondary N) is 2. The van der Waals surface area contributed by atoms with E-state index in [0.29, 0.717) is 0 Å². The third-order valence-electron chi connectivity index (χ3n) is 1.96. The number of hydrogen-bond donors (Lipinski definition) is 3. The molecule has 0 aromatic rings. The molecule has 1 fully saturated rings. The van der Waals surface area contributed by atoms with E-state index in [1.54, 1.807) is 0 Å². The molecule has 2 heterocycles. The van der Waals surface area contributed by atoms with Crippen LogP contribution in [0, 0.1) is 0 Å². The van der Waals surface area contributed by atoms with Gasteiger partial charge in [-0.1, -0.05) is 0 Å². The molecule has 2 unspecified atom stereocenters. The number of carbonyl (C=O) groups is 3. The standard InChI is InChI=1S/C6H6N4O4/c11-4-2-3(8-5(12)9-4)10(1-7-2)6(13)14/h1-3H,(H,13,14)(H2,8,9,11,12). The number of imide groups is 1. The lowest BCUT2D eigenvalue weighted by atomic mass is 10.2. The molecule has 2 aliphatic heterocycles. The van der Waals surface area contributed by atoms with E-state index in [1.165, 1.54) is 0 Å². The summed E-state index contributed by atoms with van der Waals surface area (Å²) in [4.78, 5) is 37.1. The van der Waals surface area contributed by atoms with Crippen molar-refractivity contribution in [3.63, 3.8) is 0 Å². The molecule has 0 spiro atoms. The van der Waals surface area contributed by atoms with Crippen molar-refractivity contribution in [1.29, 1.82) is 0 Å². The first-order valence-electron chi connectivity index (χ1n) is 3.75. The van der Waals surface area contributed by atoms with Crippen LogP contribution in [0.4, 0.5) is 9.59 Å². The van der Waals surface area contributed by atoms with Crippen LogP contribution in [0.3, 0.4) is 0 Å². The Bertz CT molecular complexity index is 344. The van der Waals surface area contributed by atoms with Gasteiger partial charge >= 0.3 is 12.1 Å². The van der Waals surface area contributed by atoms with E-state index in [4.69, 9.17) is 5.11 Å². The van der Waals surface area contributed by atoms with Crippen LogP contribution in [0.25, 0.3) is 0 Å². The topological polar surface area (TPSA) is 111 Å². The van der Waals surface area contributed by atoms with E-state index in [9.17, 15) is 14.4 Å². The van der Waals surface area contributed by atoms with Crippen LogP contribution in [-0.4, -0.2) is 46.6 Å². The zero-order chi connectivity index (χ0) is 10.3. The predicted octanol–water partition coefficient (Wildman–Crippen LogP) is -1.46. The van der Waals surface area contributed by atoms with Gasteiger partial charge in [0.1, 0.15) is 6.17 Å². The molecule has 2 atom stereocenters. The van der Waals surface area contributed by atoms with Crippen LogP contribution >= 0.6 is 0 Å². The number of fused-ring (bicyclic) bond motifs is 1. The lowest BCUT2D eigenvalue weighted by molar-refractivity contribution is -0.122. The quantitative estimate of drug-likeness (QED) is 0.441. The van der Waals surface area contributed by atoms with Gasteiger partial charge in [0.25, 0.3) is 5.91 Å². The highest BCUT2D eigenvalue weighted by Crippen LogP contribution is 2.14. The van der Waals surface area contributed by atoms with Crippen LogP contribution < -0.4 is 10.6 Å². The molecule has 8 nitrogen and oxygen atoms in total. The zero-order valence-corrected chi connectivity index (χ0v) is 6.80. The summed E-state index contributed by atoms with van der Waals surface area (Å²) in [6.07, 6.45) is -1.17. The van der Waals surface area contributed by atoms with Gasteiger partial charge in [0.2, 0.25) is 0 Å². The Morgan fingerprint density at radius 2 is 2.29 bits per heavy atom. The molecule has 2 aliphatic rings. The molecule has 0 saturated carbocycles. The second kappa shape index (κ2) is 2.69. The van der Waals surface area contributed by atoms with Crippen molar-refractivity contribution in [3.05, 3.63) is 0 Å². The van der Waals surface area contributed by atoms with E-state index < -0.39 is 30.2 Å². The van der Waals surface area contributed by atoms with Gasteiger partial charge in [0.05, 0.1) is 6.34 Å². The first-order chi connectivity index (χ1) is 6.59. The fourth-order valence-electron chi connectivity index (χ4n) is 1.33. The molecule has 1 saturated heterocycles. The molecule has 74 valence electrons. The van der Waals surface area contributed by atoms with Gasteiger partial charge in [-0.15, -0.1) is 0 Å². The van der Waals surface area contributed by atoms with Crippen LogP contribution in [0.2, 0.25) is 0 Å². The number of urea groups is 1.